The third kappa shape index (κ3) is 4.40. The highest BCUT2D eigenvalue weighted by atomic mass is 127. The van der Waals surface area contributed by atoms with Crippen LogP contribution in [0.25, 0.3) is 6.08 Å². The van der Waals surface area contributed by atoms with E-state index in [1.54, 1.807) is 12.1 Å². The lowest BCUT2D eigenvalue weighted by Gasteiger charge is -2.28. The maximum atomic E-state index is 12.0. The van der Waals surface area contributed by atoms with Gasteiger partial charge in [0.1, 0.15) is 5.76 Å². The summed E-state index contributed by atoms with van der Waals surface area (Å²) in [5.41, 5.74) is 0. The van der Waals surface area contributed by atoms with Gasteiger partial charge in [-0.05, 0) is 84.7 Å². The molecule has 0 aliphatic heterocycles. The minimum atomic E-state index is -0.552. The number of nitrogens with one attached hydrogen (secondary N) is 1. The highest BCUT2D eigenvalue weighted by molar-refractivity contribution is 14.1. The minimum absolute atomic E-state index is 0.146. The molecule has 1 aromatic heterocycles. The Balaban J connectivity index is 1.39. The van der Waals surface area contributed by atoms with E-state index < -0.39 is 5.97 Å². The molecule has 2 bridgehead atoms. The van der Waals surface area contributed by atoms with Crippen LogP contribution in [0.15, 0.2) is 22.6 Å². The van der Waals surface area contributed by atoms with Gasteiger partial charge < -0.3 is 14.5 Å². The molecule has 24 heavy (non-hydrogen) atoms. The fourth-order valence-electron chi connectivity index (χ4n) is 4.06. The van der Waals surface area contributed by atoms with E-state index in [1.807, 2.05) is 22.6 Å². The first-order chi connectivity index (χ1) is 11.5. The molecule has 3 rings (SSSR count). The van der Waals surface area contributed by atoms with Gasteiger partial charge in [-0.25, -0.2) is 4.79 Å². The van der Waals surface area contributed by atoms with Gasteiger partial charge in [-0.15, -0.1) is 0 Å². The fraction of sp³-hybridized carbons (Fsp3) is 0.556. The topological polar surface area (TPSA) is 68.5 Å². The number of carbonyl (C=O) groups is 2. The molecule has 2 saturated carbocycles. The van der Waals surface area contributed by atoms with Crippen LogP contribution < -0.4 is 5.32 Å². The monoisotopic (exact) mass is 443 g/mol. The highest BCUT2D eigenvalue weighted by Crippen LogP contribution is 2.49. The van der Waals surface area contributed by atoms with Gasteiger partial charge in [-0.1, -0.05) is 6.42 Å². The molecule has 0 spiro atoms. The second-order valence-electron chi connectivity index (χ2n) is 6.78. The molecule has 4 atom stereocenters. The second kappa shape index (κ2) is 7.72. The van der Waals surface area contributed by atoms with E-state index in [9.17, 15) is 9.59 Å². The maximum Gasteiger partial charge on any atom is 0.331 e. The number of carbonyl (C=O) groups excluding carboxylic acids is 2. The lowest BCUT2D eigenvalue weighted by atomic mass is 9.84. The van der Waals surface area contributed by atoms with Crippen LogP contribution in [-0.2, 0) is 14.3 Å². The first kappa shape index (κ1) is 17.5. The molecule has 130 valence electrons. The van der Waals surface area contributed by atoms with Crippen molar-refractivity contribution in [1.29, 1.82) is 0 Å². The van der Waals surface area contributed by atoms with Crippen LogP contribution in [0.3, 0.4) is 0 Å². The number of esters is 1. The Labute approximate surface area is 155 Å². The predicted octanol–water partition coefficient (Wildman–Crippen LogP) is 3.38. The van der Waals surface area contributed by atoms with Gasteiger partial charge in [0.25, 0.3) is 5.91 Å². The number of fused-ring (bicyclic) bond motifs is 2. The van der Waals surface area contributed by atoms with E-state index in [4.69, 9.17) is 9.15 Å². The lowest BCUT2D eigenvalue weighted by molar-refractivity contribution is -0.144. The van der Waals surface area contributed by atoms with Crippen molar-refractivity contribution >= 4 is 40.5 Å². The minimum Gasteiger partial charge on any atom is -0.452 e. The molecule has 4 unspecified atom stereocenters. The van der Waals surface area contributed by atoms with Crippen molar-refractivity contribution in [2.45, 2.75) is 38.6 Å². The molecule has 2 aliphatic rings. The van der Waals surface area contributed by atoms with Crippen LogP contribution in [0.5, 0.6) is 0 Å². The van der Waals surface area contributed by atoms with E-state index in [0.717, 1.165) is 15.6 Å². The average Bonchev–Trinajstić information content (AvgIpc) is 3.27. The molecular formula is C18H22INO4. The van der Waals surface area contributed by atoms with Gasteiger partial charge in [-0.3, -0.25) is 4.79 Å². The van der Waals surface area contributed by atoms with Crippen molar-refractivity contribution in [2.75, 3.05) is 6.61 Å². The zero-order valence-corrected chi connectivity index (χ0v) is 15.8. The number of hydrogen-bond donors (Lipinski definition) is 1. The SMILES string of the molecule is CC(NC(=O)COC(=O)/C=C/c1ccc(I)o1)C1CC2CCC1C2. The van der Waals surface area contributed by atoms with Crippen LogP contribution in [-0.4, -0.2) is 24.5 Å². The third-order valence-corrected chi connectivity index (χ3v) is 5.73. The summed E-state index contributed by atoms with van der Waals surface area (Å²) in [4.78, 5) is 23.6. The number of furan rings is 1. The second-order valence-corrected chi connectivity index (χ2v) is 7.84. The first-order valence-electron chi connectivity index (χ1n) is 8.41. The van der Waals surface area contributed by atoms with Crippen molar-refractivity contribution in [1.82, 2.24) is 5.32 Å². The largest absolute Gasteiger partial charge is 0.452 e. The molecule has 2 fully saturated rings. The Morgan fingerprint density at radius 3 is 2.88 bits per heavy atom. The number of amides is 1. The zero-order valence-electron chi connectivity index (χ0n) is 13.7. The molecule has 1 heterocycles. The quantitative estimate of drug-likeness (QED) is 0.416. The van der Waals surface area contributed by atoms with E-state index in [2.05, 4.69) is 12.2 Å². The van der Waals surface area contributed by atoms with Gasteiger partial charge >= 0.3 is 5.97 Å². The van der Waals surface area contributed by atoms with Gasteiger partial charge in [0.2, 0.25) is 0 Å². The van der Waals surface area contributed by atoms with E-state index in [-0.39, 0.29) is 18.6 Å². The molecule has 1 aromatic rings. The smallest absolute Gasteiger partial charge is 0.331 e. The van der Waals surface area contributed by atoms with Crippen molar-refractivity contribution in [2.24, 2.45) is 17.8 Å². The molecule has 6 heteroatoms. The molecule has 1 amide bonds. The summed E-state index contributed by atoms with van der Waals surface area (Å²) in [6.07, 6.45) is 7.97. The molecule has 0 saturated heterocycles. The summed E-state index contributed by atoms with van der Waals surface area (Å²) in [5.74, 6) is 1.97. The number of rotatable bonds is 6. The van der Waals surface area contributed by atoms with Gasteiger partial charge in [0.15, 0.2) is 10.4 Å². The normalized spacial score (nSPS) is 26.7. The molecule has 0 radical (unpaired) electrons. The van der Waals surface area contributed by atoms with Crippen LogP contribution >= 0.6 is 22.6 Å². The summed E-state index contributed by atoms with van der Waals surface area (Å²) in [5, 5.41) is 2.98. The van der Waals surface area contributed by atoms with Crippen LogP contribution in [0.4, 0.5) is 0 Å². The Bertz CT molecular complexity index is 639. The molecule has 5 nitrogen and oxygen atoms in total. The molecule has 0 aromatic carbocycles. The number of ether oxygens (including phenoxy) is 1. The third-order valence-electron chi connectivity index (χ3n) is 5.15. The van der Waals surface area contributed by atoms with Gasteiger partial charge in [0, 0.05) is 12.1 Å². The average molecular weight is 443 g/mol. The van der Waals surface area contributed by atoms with Crippen molar-refractivity contribution < 1.29 is 18.7 Å². The molecular weight excluding hydrogens is 421 g/mol. The summed E-state index contributed by atoms with van der Waals surface area (Å²) < 4.78 is 11.0. The lowest BCUT2D eigenvalue weighted by Crippen LogP contribution is -2.41. The zero-order chi connectivity index (χ0) is 17.1. The van der Waals surface area contributed by atoms with E-state index in [1.165, 1.54) is 37.8 Å². The Kier molecular flexibility index (Phi) is 5.63. The number of hydrogen-bond acceptors (Lipinski definition) is 4. The Morgan fingerprint density at radius 2 is 2.25 bits per heavy atom. The fourth-order valence-corrected chi connectivity index (χ4v) is 4.50. The highest BCUT2D eigenvalue weighted by Gasteiger charge is 2.42. The predicted molar refractivity (Wildman–Crippen MR) is 98.0 cm³/mol. The summed E-state index contributed by atoms with van der Waals surface area (Å²) in [6.45, 7) is 1.81. The van der Waals surface area contributed by atoms with Crippen molar-refractivity contribution in [3.05, 3.63) is 27.7 Å². The summed E-state index contributed by atoms with van der Waals surface area (Å²) >= 11 is 2.05. The van der Waals surface area contributed by atoms with Crippen molar-refractivity contribution in [3.8, 4) is 0 Å². The molecule has 2 aliphatic carbocycles. The van der Waals surface area contributed by atoms with Crippen LogP contribution in [0, 0.1) is 21.5 Å². The number of halogens is 1. The van der Waals surface area contributed by atoms with E-state index >= 15 is 0 Å². The Morgan fingerprint density at radius 1 is 1.42 bits per heavy atom. The van der Waals surface area contributed by atoms with Crippen LogP contribution in [0.2, 0.25) is 0 Å². The molecule has 1 N–H and O–H groups in total. The summed E-state index contributed by atoms with van der Waals surface area (Å²) in [6, 6.07) is 3.71. The standard InChI is InChI=1S/C18H22INO4/c1-11(15-9-12-2-3-13(15)8-12)20-17(21)10-23-18(22)7-5-14-4-6-16(19)24-14/h4-7,11-13,15H,2-3,8-10H2,1H3,(H,20,21)/b7-5+. The van der Waals surface area contributed by atoms with Crippen molar-refractivity contribution in [3.63, 3.8) is 0 Å². The van der Waals surface area contributed by atoms with Gasteiger partial charge in [0.05, 0.1) is 0 Å². The van der Waals surface area contributed by atoms with Gasteiger partial charge in [-0.2, -0.15) is 0 Å². The van der Waals surface area contributed by atoms with E-state index in [0.29, 0.717) is 11.7 Å². The summed E-state index contributed by atoms with van der Waals surface area (Å²) in [7, 11) is 0. The Hall–Kier alpha value is -1.31. The maximum absolute atomic E-state index is 12.0. The van der Waals surface area contributed by atoms with Crippen LogP contribution in [0.1, 0.15) is 38.4 Å². The first-order valence-corrected chi connectivity index (χ1v) is 9.48.